The van der Waals surface area contributed by atoms with E-state index >= 15 is 0 Å². The van der Waals surface area contributed by atoms with Crippen LogP contribution in [0.2, 0.25) is 0 Å². The monoisotopic (exact) mass is 362 g/mol. The Labute approximate surface area is 150 Å². The molecule has 3 atom stereocenters. The molecule has 3 rings (SSSR count). The predicted octanol–water partition coefficient (Wildman–Crippen LogP) is 2.16. The van der Waals surface area contributed by atoms with E-state index in [1.807, 2.05) is 12.2 Å². The van der Waals surface area contributed by atoms with Crippen LogP contribution in [0, 0.1) is 11.8 Å². The first kappa shape index (κ1) is 17.7. The summed E-state index contributed by atoms with van der Waals surface area (Å²) in [6, 6.07) is -0.853. The molecule has 0 saturated carbocycles. The molecule has 134 valence electrons. The Hall–Kier alpha value is -2.09. The third-order valence-corrected chi connectivity index (χ3v) is 5.65. The van der Waals surface area contributed by atoms with Crippen molar-refractivity contribution in [2.24, 2.45) is 11.8 Å². The van der Waals surface area contributed by atoms with Crippen LogP contribution < -0.4 is 5.32 Å². The molecule has 3 unspecified atom stereocenters. The van der Waals surface area contributed by atoms with Crippen LogP contribution in [0.25, 0.3) is 0 Å². The van der Waals surface area contributed by atoms with Gasteiger partial charge >= 0.3 is 0 Å². The minimum Gasteiger partial charge on any atom is -0.299 e. The average molecular weight is 362 g/mol. The van der Waals surface area contributed by atoms with Crippen molar-refractivity contribution in [3.63, 3.8) is 0 Å². The second kappa shape index (κ2) is 7.43. The molecule has 3 amide bonds. The summed E-state index contributed by atoms with van der Waals surface area (Å²) in [5.41, 5.74) is 0. The number of unbranched alkanes of at least 4 members (excludes halogenated alkanes) is 1. The van der Waals surface area contributed by atoms with Crippen molar-refractivity contribution in [2.45, 2.75) is 52.0 Å². The number of hydrogen-bond acceptors (Lipinski definition) is 6. The molecule has 1 fully saturated rings. The lowest BCUT2D eigenvalue weighted by Crippen LogP contribution is -2.46. The number of imide groups is 1. The second-order valence-electron chi connectivity index (χ2n) is 6.47. The normalized spacial score (nSPS) is 23.7. The Morgan fingerprint density at radius 1 is 1.28 bits per heavy atom. The molecule has 0 radical (unpaired) electrons. The molecule has 1 aliphatic heterocycles. The quantitative estimate of drug-likeness (QED) is 0.618. The number of hydrogen-bond donors (Lipinski definition) is 1. The van der Waals surface area contributed by atoms with Crippen LogP contribution in [0.3, 0.4) is 0 Å². The van der Waals surface area contributed by atoms with Crippen LogP contribution in [0.5, 0.6) is 0 Å². The summed E-state index contributed by atoms with van der Waals surface area (Å²) in [7, 11) is 0. The van der Waals surface area contributed by atoms with E-state index in [1.54, 1.807) is 6.92 Å². The second-order valence-corrected chi connectivity index (χ2v) is 7.53. The fourth-order valence-electron chi connectivity index (χ4n) is 3.27. The van der Waals surface area contributed by atoms with Gasteiger partial charge in [-0.25, -0.2) is 0 Å². The van der Waals surface area contributed by atoms with Crippen molar-refractivity contribution in [2.75, 3.05) is 5.32 Å². The van der Waals surface area contributed by atoms with Gasteiger partial charge in [0, 0.05) is 6.42 Å². The van der Waals surface area contributed by atoms with Crippen molar-refractivity contribution < 1.29 is 14.4 Å². The van der Waals surface area contributed by atoms with Crippen LogP contribution in [0.15, 0.2) is 12.2 Å². The van der Waals surface area contributed by atoms with E-state index in [9.17, 15) is 14.4 Å². The summed E-state index contributed by atoms with van der Waals surface area (Å²) in [4.78, 5) is 38.7. The van der Waals surface area contributed by atoms with E-state index in [2.05, 4.69) is 22.4 Å². The van der Waals surface area contributed by atoms with Gasteiger partial charge in [0.2, 0.25) is 22.9 Å². The van der Waals surface area contributed by atoms with Crippen LogP contribution in [-0.2, 0) is 20.8 Å². The largest absolute Gasteiger partial charge is 0.299 e. The van der Waals surface area contributed by atoms with E-state index in [1.165, 1.54) is 11.3 Å². The highest BCUT2D eigenvalue weighted by Gasteiger charge is 2.50. The van der Waals surface area contributed by atoms with Crippen LogP contribution in [0.1, 0.15) is 44.5 Å². The maximum absolute atomic E-state index is 12.5. The van der Waals surface area contributed by atoms with Crippen molar-refractivity contribution >= 4 is 34.2 Å². The molecule has 7 nitrogen and oxygen atoms in total. The molecule has 0 bridgehead atoms. The summed E-state index contributed by atoms with van der Waals surface area (Å²) in [5.74, 6) is -1.55. The number of amides is 3. The third kappa shape index (κ3) is 3.49. The van der Waals surface area contributed by atoms with Crippen LogP contribution >= 0.6 is 11.3 Å². The smallest absolute Gasteiger partial charge is 0.249 e. The van der Waals surface area contributed by atoms with E-state index in [0.717, 1.165) is 29.2 Å². The number of anilines is 1. The Morgan fingerprint density at radius 2 is 1.92 bits per heavy atom. The van der Waals surface area contributed by atoms with Gasteiger partial charge in [-0.1, -0.05) is 36.8 Å². The van der Waals surface area contributed by atoms with E-state index in [4.69, 9.17) is 0 Å². The average Bonchev–Trinajstić information content (AvgIpc) is 3.16. The highest BCUT2D eigenvalue weighted by Crippen LogP contribution is 2.36. The maximum atomic E-state index is 12.5. The molecule has 2 aliphatic rings. The zero-order valence-corrected chi connectivity index (χ0v) is 15.2. The SMILES string of the molecule is CCCCc1nnc(NC(=O)C(C)N2C(=O)C3CC=CCC3C2=O)s1. The topological polar surface area (TPSA) is 92.3 Å². The first-order chi connectivity index (χ1) is 12.0. The number of nitrogens with one attached hydrogen (secondary N) is 1. The minimum atomic E-state index is -0.853. The van der Waals surface area contributed by atoms with Gasteiger partial charge in [0.15, 0.2) is 0 Å². The molecule has 0 spiro atoms. The number of nitrogens with zero attached hydrogens (tertiary/aromatic N) is 3. The van der Waals surface area contributed by atoms with E-state index < -0.39 is 11.9 Å². The number of allylic oxidation sites excluding steroid dienone is 2. The zero-order valence-electron chi connectivity index (χ0n) is 14.4. The molecule has 25 heavy (non-hydrogen) atoms. The summed E-state index contributed by atoms with van der Waals surface area (Å²) >= 11 is 1.33. The maximum Gasteiger partial charge on any atom is 0.249 e. The summed E-state index contributed by atoms with van der Waals surface area (Å²) < 4.78 is 0. The Morgan fingerprint density at radius 3 is 2.52 bits per heavy atom. The number of fused-ring (bicyclic) bond motifs is 1. The highest BCUT2D eigenvalue weighted by molar-refractivity contribution is 7.15. The number of aryl methyl sites for hydroxylation is 1. The molecule has 1 aromatic rings. The number of aromatic nitrogens is 2. The number of likely N-dealkylation sites (tertiary alicyclic amines) is 1. The van der Waals surface area contributed by atoms with E-state index in [-0.39, 0.29) is 23.7 Å². The number of carbonyl (C=O) groups excluding carboxylic acids is 3. The van der Waals surface area contributed by atoms with Gasteiger partial charge in [-0.05, 0) is 26.2 Å². The Kier molecular flexibility index (Phi) is 5.27. The van der Waals surface area contributed by atoms with Gasteiger partial charge in [-0.3, -0.25) is 24.6 Å². The molecule has 2 heterocycles. The molecule has 8 heteroatoms. The van der Waals surface area contributed by atoms with E-state index in [0.29, 0.717) is 18.0 Å². The van der Waals surface area contributed by atoms with Crippen LogP contribution in [-0.4, -0.2) is 38.9 Å². The zero-order chi connectivity index (χ0) is 18.0. The van der Waals surface area contributed by atoms with Crippen molar-refractivity contribution in [3.05, 3.63) is 17.2 Å². The standard InChI is InChI=1S/C17H22N4O3S/c1-3-4-9-13-19-20-17(25-13)18-14(22)10(2)21-15(23)11-7-5-6-8-12(11)16(21)24/h5-6,10-12H,3-4,7-9H2,1-2H3,(H,18,20,22). The van der Waals surface area contributed by atoms with Gasteiger partial charge in [0.05, 0.1) is 11.8 Å². The molecular formula is C17H22N4O3S. The Bertz CT molecular complexity index is 689. The third-order valence-electron chi connectivity index (χ3n) is 4.75. The summed E-state index contributed by atoms with van der Waals surface area (Å²) in [6.07, 6.45) is 7.91. The minimum absolute atomic E-state index is 0.247. The Balaban J connectivity index is 1.65. The highest BCUT2D eigenvalue weighted by atomic mass is 32.1. The van der Waals surface area contributed by atoms with Gasteiger partial charge in [0.25, 0.3) is 0 Å². The van der Waals surface area contributed by atoms with Crippen molar-refractivity contribution in [1.82, 2.24) is 15.1 Å². The first-order valence-electron chi connectivity index (χ1n) is 8.68. The lowest BCUT2D eigenvalue weighted by molar-refractivity contribution is -0.146. The van der Waals surface area contributed by atoms with Gasteiger partial charge in [0.1, 0.15) is 11.0 Å². The lowest BCUT2D eigenvalue weighted by Gasteiger charge is -2.21. The van der Waals surface area contributed by atoms with Gasteiger partial charge in [-0.15, -0.1) is 10.2 Å². The summed E-state index contributed by atoms with van der Waals surface area (Å²) in [6.45, 7) is 3.68. The fraction of sp³-hybridized carbons (Fsp3) is 0.588. The van der Waals surface area contributed by atoms with Gasteiger partial charge in [-0.2, -0.15) is 0 Å². The lowest BCUT2D eigenvalue weighted by atomic mass is 9.85. The van der Waals surface area contributed by atoms with Crippen molar-refractivity contribution in [3.8, 4) is 0 Å². The number of carbonyl (C=O) groups is 3. The predicted molar refractivity (Wildman–Crippen MR) is 93.8 cm³/mol. The molecule has 1 aliphatic carbocycles. The van der Waals surface area contributed by atoms with Crippen molar-refractivity contribution in [1.29, 1.82) is 0 Å². The fourth-order valence-corrected chi connectivity index (χ4v) is 4.05. The van der Waals surface area contributed by atoms with Crippen LogP contribution in [0.4, 0.5) is 5.13 Å². The molecule has 1 saturated heterocycles. The molecule has 0 aromatic carbocycles. The van der Waals surface area contributed by atoms with Gasteiger partial charge < -0.3 is 0 Å². The molecule has 1 N–H and O–H groups in total. The number of rotatable bonds is 6. The molecular weight excluding hydrogens is 340 g/mol. The molecule has 1 aromatic heterocycles. The summed E-state index contributed by atoms with van der Waals surface area (Å²) in [5, 5.41) is 12.0. The first-order valence-corrected chi connectivity index (χ1v) is 9.49.